The summed E-state index contributed by atoms with van der Waals surface area (Å²) in [6.07, 6.45) is 8.19. The Balaban J connectivity index is 1.21. The molecule has 7 nitrogen and oxygen atoms in total. The summed E-state index contributed by atoms with van der Waals surface area (Å²) in [5.41, 5.74) is 6.49. The highest BCUT2D eigenvalue weighted by atomic mass is 16.1. The van der Waals surface area contributed by atoms with Crippen LogP contribution in [0.2, 0.25) is 0 Å². The minimum absolute atomic E-state index is 0.00257. The lowest BCUT2D eigenvalue weighted by atomic mass is 9.96. The zero-order chi connectivity index (χ0) is 26.0. The van der Waals surface area contributed by atoms with Gasteiger partial charge in [0.05, 0.1) is 22.9 Å². The molecular weight excluding hydrogens is 472 g/mol. The van der Waals surface area contributed by atoms with Gasteiger partial charge in [0.1, 0.15) is 0 Å². The predicted molar refractivity (Wildman–Crippen MR) is 150 cm³/mol. The molecule has 38 heavy (non-hydrogen) atoms. The summed E-state index contributed by atoms with van der Waals surface area (Å²) in [6.45, 7) is 4.09. The van der Waals surface area contributed by atoms with Crippen molar-refractivity contribution < 1.29 is 4.79 Å². The Kier molecular flexibility index (Phi) is 5.34. The van der Waals surface area contributed by atoms with E-state index in [1.165, 1.54) is 12.8 Å². The maximum atomic E-state index is 13.9. The van der Waals surface area contributed by atoms with Gasteiger partial charge in [-0.15, -0.1) is 0 Å². The lowest BCUT2D eigenvalue weighted by Gasteiger charge is -2.40. The molecule has 2 atom stereocenters. The highest BCUT2D eigenvalue weighted by Gasteiger charge is 2.47. The van der Waals surface area contributed by atoms with E-state index in [0.717, 1.165) is 70.5 Å². The summed E-state index contributed by atoms with van der Waals surface area (Å²) < 4.78 is 1.79. The van der Waals surface area contributed by atoms with E-state index in [9.17, 15) is 4.79 Å². The van der Waals surface area contributed by atoms with E-state index in [1.54, 1.807) is 4.68 Å². The van der Waals surface area contributed by atoms with Gasteiger partial charge < -0.3 is 10.2 Å². The molecule has 7 heteroatoms. The SMILES string of the molecule is Cc1ccc(N2CC3CCC(C2)N3C)cc1C(=O)NC1(c2cc(-c3cnn(C)c3)nc3ccccc23)CC1. The topological polar surface area (TPSA) is 66.3 Å². The first-order valence-electron chi connectivity index (χ1n) is 13.7. The molecule has 194 valence electrons. The van der Waals surface area contributed by atoms with Crippen LogP contribution in [0.5, 0.6) is 0 Å². The van der Waals surface area contributed by atoms with Crippen molar-refractivity contribution in [2.24, 2.45) is 7.05 Å². The average Bonchev–Trinajstić information content (AvgIpc) is 3.53. The third-order valence-electron chi connectivity index (χ3n) is 9.01. The number of pyridine rings is 1. The fraction of sp³-hybridized carbons (Fsp3) is 0.387. The highest BCUT2D eigenvalue weighted by molar-refractivity contribution is 5.98. The summed E-state index contributed by atoms with van der Waals surface area (Å²) in [5, 5.41) is 8.91. The summed E-state index contributed by atoms with van der Waals surface area (Å²) in [6, 6.07) is 18.0. The molecule has 2 aromatic heterocycles. The maximum absolute atomic E-state index is 13.9. The van der Waals surface area contributed by atoms with Crippen molar-refractivity contribution in [1.82, 2.24) is 25.0 Å². The lowest BCUT2D eigenvalue weighted by Crippen LogP contribution is -2.52. The molecule has 2 bridgehead atoms. The van der Waals surface area contributed by atoms with Crippen molar-refractivity contribution in [3.8, 4) is 11.3 Å². The van der Waals surface area contributed by atoms with E-state index in [-0.39, 0.29) is 11.4 Å². The van der Waals surface area contributed by atoms with E-state index in [1.807, 2.05) is 44.6 Å². The number of nitrogens with one attached hydrogen (secondary N) is 1. The number of aromatic nitrogens is 3. The fourth-order valence-corrected chi connectivity index (χ4v) is 6.52. The Hall–Kier alpha value is -3.71. The standard InChI is InChI=1S/C31H34N6O/c1-20-8-9-22(37-18-23-10-11-24(19-37)36(23)3)14-26(20)30(38)34-31(12-13-31)27-15-29(21-16-32-35(2)17-21)33-28-7-5-4-6-25(27)28/h4-9,14-17,23-24H,10-13,18-19H2,1-3H3,(H,34,38). The third-order valence-corrected chi connectivity index (χ3v) is 9.01. The summed E-state index contributed by atoms with van der Waals surface area (Å²) in [7, 11) is 4.17. The summed E-state index contributed by atoms with van der Waals surface area (Å²) >= 11 is 0. The van der Waals surface area contributed by atoms with Crippen molar-refractivity contribution in [1.29, 1.82) is 0 Å². The molecule has 2 aliphatic heterocycles. The molecule has 1 N–H and O–H groups in total. The number of carbonyl (C=O) groups excluding carboxylic acids is 1. The van der Waals surface area contributed by atoms with Crippen molar-refractivity contribution in [3.05, 3.63) is 77.6 Å². The highest BCUT2D eigenvalue weighted by Crippen LogP contribution is 2.49. The number of benzene rings is 2. The number of anilines is 1. The Bertz CT molecular complexity index is 1540. The number of piperazine rings is 1. The zero-order valence-electron chi connectivity index (χ0n) is 22.3. The van der Waals surface area contributed by atoms with E-state index in [2.05, 4.69) is 57.6 Å². The fourth-order valence-electron chi connectivity index (χ4n) is 6.52. The molecule has 0 radical (unpaired) electrons. The monoisotopic (exact) mass is 506 g/mol. The number of para-hydroxylation sites is 1. The van der Waals surface area contributed by atoms with Crippen molar-refractivity contribution >= 4 is 22.5 Å². The zero-order valence-corrected chi connectivity index (χ0v) is 22.3. The number of carbonyl (C=O) groups is 1. The molecular formula is C31H34N6O. The second kappa shape index (κ2) is 8.67. The number of nitrogens with zero attached hydrogens (tertiary/aromatic N) is 5. The number of amides is 1. The van der Waals surface area contributed by atoms with Gasteiger partial charge in [0, 0.05) is 60.6 Å². The molecule has 4 heterocycles. The number of fused-ring (bicyclic) bond motifs is 3. The van der Waals surface area contributed by atoms with Gasteiger partial charge in [-0.05, 0) is 75.0 Å². The lowest BCUT2D eigenvalue weighted by molar-refractivity contribution is 0.0930. The van der Waals surface area contributed by atoms with E-state index < -0.39 is 0 Å². The van der Waals surface area contributed by atoms with Crippen LogP contribution in [-0.4, -0.2) is 57.8 Å². The molecule has 4 aromatic rings. The molecule has 7 rings (SSSR count). The van der Waals surface area contributed by atoms with Crippen LogP contribution in [0.15, 0.2) is 60.9 Å². The normalized spacial score (nSPS) is 22.1. The molecule has 0 spiro atoms. The third kappa shape index (κ3) is 3.88. The molecule has 2 saturated heterocycles. The second-order valence-electron chi connectivity index (χ2n) is 11.5. The van der Waals surface area contributed by atoms with Crippen LogP contribution in [0, 0.1) is 6.92 Å². The Morgan fingerprint density at radius 3 is 2.50 bits per heavy atom. The van der Waals surface area contributed by atoms with Gasteiger partial charge in [0.2, 0.25) is 0 Å². The van der Waals surface area contributed by atoms with E-state index in [0.29, 0.717) is 12.1 Å². The van der Waals surface area contributed by atoms with Gasteiger partial charge in [0.25, 0.3) is 5.91 Å². The van der Waals surface area contributed by atoms with Crippen LogP contribution in [0.25, 0.3) is 22.2 Å². The van der Waals surface area contributed by atoms with E-state index in [4.69, 9.17) is 4.98 Å². The molecule has 2 unspecified atom stereocenters. The summed E-state index contributed by atoms with van der Waals surface area (Å²) in [5.74, 6) is 0.00257. The first-order valence-corrected chi connectivity index (χ1v) is 13.7. The van der Waals surface area contributed by atoms with Crippen LogP contribution in [0.3, 0.4) is 0 Å². The van der Waals surface area contributed by atoms with Crippen LogP contribution in [-0.2, 0) is 12.6 Å². The van der Waals surface area contributed by atoms with Gasteiger partial charge in [-0.2, -0.15) is 5.10 Å². The van der Waals surface area contributed by atoms with Crippen LogP contribution >= 0.6 is 0 Å². The van der Waals surface area contributed by atoms with Crippen LogP contribution < -0.4 is 10.2 Å². The second-order valence-corrected chi connectivity index (χ2v) is 11.5. The minimum atomic E-state index is -0.383. The van der Waals surface area contributed by atoms with E-state index >= 15 is 0 Å². The molecule has 1 saturated carbocycles. The van der Waals surface area contributed by atoms with Crippen molar-refractivity contribution in [2.45, 2.75) is 50.2 Å². The number of likely N-dealkylation sites (N-methyl/N-ethyl adjacent to an activating group) is 1. The predicted octanol–water partition coefficient (Wildman–Crippen LogP) is 4.65. The van der Waals surface area contributed by atoms with Crippen LogP contribution in [0.1, 0.15) is 47.2 Å². The van der Waals surface area contributed by atoms with Gasteiger partial charge >= 0.3 is 0 Å². The quantitative estimate of drug-likeness (QED) is 0.427. The summed E-state index contributed by atoms with van der Waals surface area (Å²) in [4.78, 5) is 23.8. The Morgan fingerprint density at radius 2 is 1.79 bits per heavy atom. The maximum Gasteiger partial charge on any atom is 0.252 e. The number of hydrogen-bond acceptors (Lipinski definition) is 5. The van der Waals surface area contributed by atoms with Crippen molar-refractivity contribution in [3.63, 3.8) is 0 Å². The Morgan fingerprint density at radius 1 is 1.03 bits per heavy atom. The van der Waals surface area contributed by atoms with Gasteiger partial charge in [-0.25, -0.2) is 4.98 Å². The average molecular weight is 507 g/mol. The largest absolute Gasteiger partial charge is 0.368 e. The first-order chi connectivity index (χ1) is 18.4. The van der Waals surface area contributed by atoms with Crippen LogP contribution in [0.4, 0.5) is 5.69 Å². The molecule has 1 aliphatic carbocycles. The van der Waals surface area contributed by atoms with Gasteiger partial charge in [-0.3, -0.25) is 14.4 Å². The number of aryl methyl sites for hydroxylation is 2. The number of hydrogen-bond donors (Lipinski definition) is 1. The molecule has 3 fully saturated rings. The van der Waals surface area contributed by atoms with Gasteiger partial charge in [-0.1, -0.05) is 24.3 Å². The number of rotatable bonds is 5. The molecule has 3 aliphatic rings. The molecule has 1 amide bonds. The van der Waals surface area contributed by atoms with Crippen molar-refractivity contribution in [2.75, 3.05) is 25.0 Å². The first kappa shape index (κ1) is 23.4. The molecule has 2 aromatic carbocycles. The minimum Gasteiger partial charge on any atom is -0.368 e. The Labute approximate surface area is 223 Å². The smallest absolute Gasteiger partial charge is 0.252 e. The van der Waals surface area contributed by atoms with Gasteiger partial charge in [0.15, 0.2) is 0 Å².